The van der Waals surface area contributed by atoms with Crippen LogP contribution in [0.15, 0.2) is 55.4 Å². The van der Waals surface area contributed by atoms with Crippen LogP contribution in [-0.2, 0) is 14.4 Å². The first-order chi connectivity index (χ1) is 21.9. The van der Waals surface area contributed by atoms with Gasteiger partial charge in [0.15, 0.2) is 5.82 Å². The number of ether oxygens (including phenoxy) is 2. The lowest BCUT2D eigenvalue weighted by atomic mass is 10.0. The molecule has 1 atom stereocenters. The molecule has 0 radical (unpaired) electrons. The summed E-state index contributed by atoms with van der Waals surface area (Å²) in [5, 5.41) is 9.06. The summed E-state index contributed by atoms with van der Waals surface area (Å²) in [5.41, 5.74) is 3.02. The van der Waals surface area contributed by atoms with Crippen LogP contribution in [0, 0.1) is 0 Å². The molecule has 11 nitrogen and oxygen atoms in total. The Morgan fingerprint density at radius 1 is 1.04 bits per heavy atom. The maximum absolute atomic E-state index is 12.5. The Kier molecular flexibility index (Phi) is 9.91. The molecular weight excluding hydrogens is 617 g/mol. The van der Waals surface area contributed by atoms with Crippen LogP contribution < -0.4 is 25.3 Å². The molecule has 1 amide bonds. The highest BCUT2D eigenvalue weighted by Crippen LogP contribution is 2.41. The number of halogens is 2. The minimum Gasteiger partial charge on any atom is -0.494 e. The highest BCUT2D eigenvalue weighted by Gasteiger charge is 2.32. The molecule has 3 aliphatic heterocycles. The average molecular weight is 655 g/mol. The number of hydrogen-bond donors (Lipinski definition) is 2. The molecule has 45 heavy (non-hydrogen) atoms. The number of amides is 1. The standard InChI is InChI=1S/C32H37Cl2N7O4/c1-3-31(42)38-24-17-25(28(43-2)18-27(24)40-12-10-39(11-13-40)21-7-14-44-15-8-21)37-29-19-30(36-20-35-29)41-26(9-16-45-41)22-5-4-6-23(33)32(22)34/h3-6,17-21,26H,1,7-16H2,2H3,(H,38,42)(H,35,36,37)/t26-/m1/s1. The summed E-state index contributed by atoms with van der Waals surface area (Å²) >= 11 is 12.9. The monoisotopic (exact) mass is 653 g/mol. The summed E-state index contributed by atoms with van der Waals surface area (Å²) < 4.78 is 11.4. The average Bonchev–Trinajstić information content (AvgIpc) is 3.57. The van der Waals surface area contributed by atoms with Crippen LogP contribution in [0.5, 0.6) is 5.75 Å². The van der Waals surface area contributed by atoms with E-state index < -0.39 is 0 Å². The Morgan fingerprint density at radius 2 is 1.84 bits per heavy atom. The number of carbonyl (C=O) groups is 1. The van der Waals surface area contributed by atoms with Crippen LogP contribution in [0.1, 0.15) is 30.9 Å². The van der Waals surface area contributed by atoms with Crippen LogP contribution >= 0.6 is 23.2 Å². The topological polar surface area (TPSA) is 104 Å². The summed E-state index contributed by atoms with van der Waals surface area (Å²) in [6.07, 6.45) is 5.59. The lowest BCUT2D eigenvalue weighted by Crippen LogP contribution is -2.51. The van der Waals surface area contributed by atoms with Gasteiger partial charge in [0.05, 0.1) is 46.9 Å². The predicted molar refractivity (Wildman–Crippen MR) is 177 cm³/mol. The molecule has 0 aliphatic carbocycles. The number of hydrogen-bond acceptors (Lipinski definition) is 10. The van der Waals surface area contributed by atoms with Gasteiger partial charge in [0.25, 0.3) is 0 Å². The molecule has 3 fully saturated rings. The molecule has 0 unspecified atom stereocenters. The normalized spacial score (nSPS) is 19.4. The highest BCUT2D eigenvalue weighted by molar-refractivity contribution is 6.42. The lowest BCUT2D eigenvalue weighted by Gasteiger charge is -2.42. The van der Waals surface area contributed by atoms with Gasteiger partial charge < -0.3 is 25.0 Å². The smallest absolute Gasteiger partial charge is 0.247 e. The zero-order chi connectivity index (χ0) is 31.3. The molecule has 3 aromatic rings. The second-order valence-electron chi connectivity index (χ2n) is 11.1. The fraction of sp³-hybridized carbons (Fsp3) is 0.406. The van der Waals surface area contributed by atoms with Crippen molar-refractivity contribution < 1.29 is 19.1 Å². The van der Waals surface area contributed by atoms with Gasteiger partial charge in [0, 0.05) is 64.0 Å². The maximum atomic E-state index is 12.5. The van der Waals surface area contributed by atoms with E-state index in [0.717, 1.165) is 69.9 Å². The van der Waals surface area contributed by atoms with E-state index in [-0.39, 0.29) is 11.9 Å². The van der Waals surface area contributed by atoms with Gasteiger partial charge in [-0.15, -0.1) is 0 Å². The number of carbonyl (C=O) groups excluding carboxylic acids is 1. The quantitative estimate of drug-likeness (QED) is 0.274. The van der Waals surface area contributed by atoms with Gasteiger partial charge in [-0.25, -0.2) is 15.0 Å². The first-order valence-corrected chi connectivity index (χ1v) is 15.9. The highest BCUT2D eigenvalue weighted by atomic mass is 35.5. The van der Waals surface area contributed by atoms with Gasteiger partial charge >= 0.3 is 0 Å². The van der Waals surface area contributed by atoms with E-state index in [0.29, 0.717) is 51.5 Å². The van der Waals surface area contributed by atoms with Crippen molar-refractivity contribution in [2.75, 3.05) is 73.7 Å². The van der Waals surface area contributed by atoms with Crippen LogP contribution in [0.3, 0.4) is 0 Å². The number of hydroxylamine groups is 1. The minimum atomic E-state index is -0.297. The first kappa shape index (κ1) is 31.4. The Morgan fingerprint density at radius 3 is 2.60 bits per heavy atom. The second-order valence-corrected chi connectivity index (χ2v) is 11.9. The van der Waals surface area contributed by atoms with Crippen molar-refractivity contribution >= 4 is 57.8 Å². The Balaban J connectivity index is 1.24. The van der Waals surface area contributed by atoms with Gasteiger partial charge in [-0.1, -0.05) is 41.9 Å². The Bertz CT molecular complexity index is 1530. The molecule has 6 rings (SSSR count). The third-order valence-corrected chi connectivity index (χ3v) is 9.34. The van der Waals surface area contributed by atoms with E-state index in [1.165, 1.54) is 12.4 Å². The third kappa shape index (κ3) is 6.97. The molecule has 2 N–H and O–H groups in total. The predicted octanol–water partition coefficient (Wildman–Crippen LogP) is 5.84. The molecule has 3 saturated heterocycles. The number of methoxy groups -OCH3 is 1. The zero-order valence-corrected chi connectivity index (χ0v) is 26.7. The van der Waals surface area contributed by atoms with Crippen LogP contribution in [0.4, 0.5) is 28.7 Å². The molecule has 0 bridgehead atoms. The molecule has 1 aromatic heterocycles. The summed E-state index contributed by atoms with van der Waals surface area (Å²) in [5.74, 6) is 1.39. The number of benzene rings is 2. The van der Waals surface area contributed by atoms with E-state index in [1.807, 2.05) is 24.3 Å². The SMILES string of the molecule is C=CC(=O)Nc1cc(Nc2cc(N3OCC[C@@H]3c3cccc(Cl)c3Cl)ncn2)c(OC)cc1N1CCN(C2CCOCC2)CC1. The van der Waals surface area contributed by atoms with Crippen LogP contribution in [-0.4, -0.2) is 79.9 Å². The number of aromatic nitrogens is 2. The zero-order valence-electron chi connectivity index (χ0n) is 25.2. The maximum Gasteiger partial charge on any atom is 0.247 e. The summed E-state index contributed by atoms with van der Waals surface area (Å²) in [7, 11) is 1.62. The second kappa shape index (κ2) is 14.2. The van der Waals surface area contributed by atoms with Gasteiger partial charge in [0.1, 0.15) is 17.9 Å². The van der Waals surface area contributed by atoms with Crippen molar-refractivity contribution in [1.82, 2.24) is 14.9 Å². The molecule has 2 aromatic carbocycles. The van der Waals surface area contributed by atoms with Gasteiger partial charge in [-0.2, -0.15) is 0 Å². The van der Waals surface area contributed by atoms with E-state index in [1.54, 1.807) is 24.3 Å². The molecule has 0 saturated carbocycles. The minimum absolute atomic E-state index is 0.166. The van der Waals surface area contributed by atoms with Crippen LogP contribution in [0.25, 0.3) is 0 Å². The summed E-state index contributed by atoms with van der Waals surface area (Å²) in [4.78, 5) is 32.2. The van der Waals surface area contributed by atoms with Gasteiger partial charge in [-0.3, -0.25) is 14.5 Å². The van der Waals surface area contributed by atoms with E-state index in [2.05, 4.69) is 37.0 Å². The molecule has 238 valence electrons. The third-order valence-electron chi connectivity index (χ3n) is 8.51. The first-order valence-electron chi connectivity index (χ1n) is 15.1. The Labute approximate surface area is 273 Å². The number of nitrogens with zero attached hydrogens (tertiary/aromatic N) is 5. The Hall–Kier alpha value is -3.61. The largest absolute Gasteiger partial charge is 0.494 e. The fourth-order valence-corrected chi connectivity index (χ4v) is 6.62. The number of nitrogens with one attached hydrogen (secondary N) is 2. The molecular formula is C32H37Cl2N7O4. The molecule has 13 heteroatoms. The van der Waals surface area contributed by atoms with Gasteiger partial charge in [-0.05, 0) is 36.6 Å². The molecule has 0 spiro atoms. The van der Waals surface area contributed by atoms with Crippen molar-refractivity contribution in [2.24, 2.45) is 0 Å². The van der Waals surface area contributed by atoms with Crippen LogP contribution in [0.2, 0.25) is 10.0 Å². The van der Waals surface area contributed by atoms with E-state index in [9.17, 15) is 4.79 Å². The lowest BCUT2D eigenvalue weighted by molar-refractivity contribution is -0.111. The van der Waals surface area contributed by atoms with Crippen molar-refractivity contribution in [3.05, 3.63) is 71.0 Å². The van der Waals surface area contributed by atoms with Crippen molar-refractivity contribution in [3.8, 4) is 5.75 Å². The van der Waals surface area contributed by atoms with Crippen molar-refractivity contribution in [2.45, 2.75) is 31.3 Å². The molecule has 3 aliphatic rings. The summed E-state index contributed by atoms with van der Waals surface area (Å²) in [6, 6.07) is 11.6. The van der Waals surface area contributed by atoms with Crippen molar-refractivity contribution in [3.63, 3.8) is 0 Å². The number of piperazine rings is 1. The fourth-order valence-electron chi connectivity index (χ4n) is 6.19. The molecule has 4 heterocycles. The number of anilines is 5. The van der Waals surface area contributed by atoms with E-state index in [4.69, 9.17) is 37.5 Å². The van der Waals surface area contributed by atoms with Gasteiger partial charge in [0.2, 0.25) is 5.91 Å². The van der Waals surface area contributed by atoms with Crippen molar-refractivity contribution in [1.29, 1.82) is 0 Å². The summed E-state index contributed by atoms with van der Waals surface area (Å²) in [6.45, 7) is 9.32. The van der Waals surface area contributed by atoms with E-state index >= 15 is 0 Å². The number of rotatable bonds is 9.